The zero-order chi connectivity index (χ0) is 13.7. The molecule has 2 fully saturated rings. The van der Waals surface area contributed by atoms with Crippen LogP contribution >= 0.6 is 27.3 Å². The van der Waals surface area contributed by atoms with Crippen LogP contribution in [0.25, 0.3) is 10.1 Å². The number of nitrogens with zero attached hydrogens (tertiary/aromatic N) is 3. The first-order chi connectivity index (χ1) is 9.70. The van der Waals surface area contributed by atoms with Crippen LogP contribution in [0.4, 0.5) is 5.82 Å². The molecule has 2 aliphatic heterocycles. The van der Waals surface area contributed by atoms with Crippen LogP contribution in [0.3, 0.4) is 0 Å². The summed E-state index contributed by atoms with van der Waals surface area (Å²) in [6.07, 6.45) is 2.63. The molecule has 4 heterocycles. The van der Waals surface area contributed by atoms with Crippen molar-refractivity contribution in [3.05, 3.63) is 22.1 Å². The van der Waals surface area contributed by atoms with Crippen LogP contribution in [0.1, 0.15) is 6.42 Å². The van der Waals surface area contributed by atoms with Crippen LogP contribution < -0.4 is 4.90 Å². The first kappa shape index (κ1) is 13.0. The number of aliphatic hydroxyl groups excluding tert-OH is 1. The van der Waals surface area contributed by atoms with Crippen molar-refractivity contribution in [2.24, 2.45) is 0 Å². The molecule has 6 heteroatoms. The third-order valence-corrected chi connectivity index (χ3v) is 5.93. The second-order valence-electron chi connectivity index (χ2n) is 5.59. The summed E-state index contributed by atoms with van der Waals surface area (Å²) in [5.41, 5.74) is 0. The van der Waals surface area contributed by atoms with Gasteiger partial charge in [0.15, 0.2) is 0 Å². The Hall–Kier alpha value is -0.690. The molecule has 0 spiro atoms. The molecule has 0 unspecified atom stereocenters. The van der Waals surface area contributed by atoms with E-state index in [9.17, 15) is 5.11 Å². The van der Waals surface area contributed by atoms with Gasteiger partial charge < -0.3 is 10.0 Å². The molecule has 2 aromatic rings. The topological polar surface area (TPSA) is 39.6 Å². The lowest BCUT2D eigenvalue weighted by atomic mass is 10.1. The van der Waals surface area contributed by atoms with Crippen molar-refractivity contribution >= 4 is 43.2 Å². The lowest BCUT2D eigenvalue weighted by molar-refractivity contribution is 0.173. The molecule has 2 aliphatic rings. The van der Waals surface area contributed by atoms with Crippen LogP contribution in [0.5, 0.6) is 0 Å². The number of hydrogen-bond donors (Lipinski definition) is 1. The maximum atomic E-state index is 9.81. The zero-order valence-electron chi connectivity index (χ0n) is 11.0. The molecule has 2 atom stereocenters. The van der Waals surface area contributed by atoms with E-state index in [1.807, 2.05) is 6.20 Å². The fourth-order valence-corrected chi connectivity index (χ4v) is 4.98. The van der Waals surface area contributed by atoms with E-state index in [4.69, 9.17) is 0 Å². The van der Waals surface area contributed by atoms with Crippen molar-refractivity contribution in [1.82, 2.24) is 9.88 Å². The molecule has 2 aromatic heterocycles. The largest absolute Gasteiger partial charge is 0.392 e. The van der Waals surface area contributed by atoms with Crippen LogP contribution in [-0.2, 0) is 0 Å². The van der Waals surface area contributed by atoms with Crippen molar-refractivity contribution in [3.63, 3.8) is 0 Å². The van der Waals surface area contributed by atoms with E-state index in [1.165, 1.54) is 10.1 Å². The molecule has 0 bridgehead atoms. The number of piperazine rings is 1. The minimum Gasteiger partial charge on any atom is -0.392 e. The smallest absolute Gasteiger partial charge is 0.146 e. The highest BCUT2D eigenvalue weighted by molar-refractivity contribution is 9.11. The van der Waals surface area contributed by atoms with E-state index in [1.54, 1.807) is 11.3 Å². The van der Waals surface area contributed by atoms with Crippen LogP contribution in [0.2, 0.25) is 0 Å². The molecule has 4 nitrogen and oxygen atoms in total. The monoisotopic (exact) mass is 353 g/mol. The molecule has 0 aliphatic carbocycles. The second kappa shape index (κ2) is 4.94. The van der Waals surface area contributed by atoms with Crippen LogP contribution in [-0.4, -0.2) is 53.3 Å². The number of pyridine rings is 1. The number of halogens is 1. The van der Waals surface area contributed by atoms with Gasteiger partial charge in [-0.3, -0.25) is 4.90 Å². The summed E-state index contributed by atoms with van der Waals surface area (Å²) in [7, 11) is 0. The van der Waals surface area contributed by atoms with E-state index in [0.717, 1.165) is 42.2 Å². The number of fused-ring (bicyclic) bond motifs is 2. The Labute approximate surface area is 130 Å². The van der Waals surface area contributed by atoms with Crippen molar-refractivity contribution in [2.75, 3.05) is 31.1 Å². The SMILES string of the molecule is O[C@@H]1C[C@H]2CN(c3nccc4cc(Br)sc34)CCN2C1. The van der Waals surface area contributed by atoms with Crippen molar-refractivity contribution in [1.29, 1.82) is 0 Å². The Balaban J connectivity index is 1.66. The minimum absolute atomic E-state index is 0.153. The molecule has 106 valence electrons. The molecule has 4 rings (SSSR count). The Morgan fingerprint density at radius 2 is 2.25 bits per heavy atom. The Morgan fingerprint density at radius 3 is 3.15 bits per heavy atom. The molecule has 20 heavy (non-hydrogen) atoms. The highest BCUT2D eigenvalue weighted by Gasteiger charge is 2.35. The summed E-state index contributed by atoms with van der Waals surface area (Å²) >= 11 is 5.31. The second-order valence-corrected chi connectivity index (χ2v) is 8.02. The zero-order valence-corrected chi connectivity index (χ0v) is 13.4. The average Bonchev–Trinajstić information content (AvgIpc) is 2.97. The Bertz CT molecular complexity index is 646. The number of anilines is 1. The van der Waals surface area contributed by atoms with Gasteiger partial charge in [-0.15, -0.1) is 11.3 Å². The van der Waals surface area contributed by atoms with Gasteiger partial charge >= 0.3 is 0 Å². The van der Waals surface area contributed by atoms with Crippen molar-refractivity contribution < 1.29 is 5.11 Å². The molecule has 0 aromatic carbocycles. The van der Waals surface area contributed by atoms with Gasteiger partial charge in [-0.1, -0.05) is 0 Å². The Kier molecular flexibility index (Phi) is 3.22. The van der Waals surface area contributed by atoms with Crippen molar-refractivity contribution in [3.8, 4) is 0 Å². The number of hydrogen-bond acceptors (Lipinski definition) is 5. The van der Waals surface area contributed by atoms with Gasteiger partial charge in [0.25, 0.3) is 0 Å². The number of thiophene rings is 1. The van der Waals surface area contributed by atoms with Crippen molar-refractivity contribution in [2.45, 2.75) is 18.6 Å². The summed E-state index contributed by atoms with van der Waals surface area (Å²) in [6.45, 7) is 3.82. The molecule has 1 N–H and O–H groups in total. The van der Waals surface area contributed by atoms with E-state index < -0.39 is 0 Å². The highest BCUT2D eigenvalue weighted by Crippen LogP contribution is 2.36. The predicted octanol–water partition coefficient (Wildman–Crippen LogP) is 2.31. The first-order valence-electron chi connectivity index (χ1n) is 6.92. The first-order valence-corrected chi connectivity index (χ1v) is 8.53. The van der Waals surface area contributed by atoms with Crippen LogP contribution in [0, 0.1) is 0 Å². The van der Waals surface area contributed by atoms with E-state index in [-0.39, 0.29) is 6.10 Å². The van der Waals surface area contributed by atoms with Gasteiger partial charge in [0.05, 0.1) is 14.6 Å². The quantitative estimate of drug-likeness (QED) is 0.853. The third kappa shape index (κ3) is 2.15. The van der Waals surface area contributed by atoms with Gasteiger partial charge in [-0.05, 0) is 39.9 Å². The molecule has 2 saturated heterocycles. The summed E-state index contributed by atoms with van der Waals surface area (Å²) in [4.78, 5) is 9.40. The van der Waals surface area contributed by atoms with Gasteiger partial charge in [-0.2, -0.15) is 0 Å². The maximum Gasteiger partial charge on any atom is 0.146 e. The lowest BCUT2D eigenvalue weighted by Crippen LogP contribution is -2.50. The average molecular weight is 354 g/mol. The molecule has 0 amide bonds. The van der Waals surface area contributed by atoms with Gasteiger partial charge in [0, 0.05) is 38.4 Å². The highest BCUT2D eigenvalue weighted by atomic mass is 79.9. The summed E-state index contributed by atoms with van der Waals surface area (Å²) in [5.74, 6) is 1.10. The summed E-state index contributed by atoms with van der Waals surface area (Å²) in [6, 6.07) is 4.69. The number of aliphatic hydroxyl groups is 1. The van der Waals surface area contributed by atoms with E-state index >= 15 is 0 Å². The molecule has 0 radical (unpaired) electrons. The number of aromatic nitrogens is 1. The number of rotatable bonds is 1. The van der Waals surface area contributed by atoms with Gasteiger partial charge in [0.1, 0.15) is 5.82 Å². The normalized spacial score (nSPS) is 27.2. The fourth-order valence-electron chi connectivity index (χ4n) is 3.35. The summed E-state index contributed by atoms with van der Waals surface area (Å²) in [5, 5.41) is 11.1. The molecular weight excluding hydrogens is 338 g/mol. The minimum atomic E-state index is -0.153. The van der Waals surface area contributed by atoms with Crippen LogP contribution in [0.15, 0.2) is 22.1 Å². The predicted molar refractivity (Wildman–Crippen MR) is 85.5 cm³/mol. The Morgan fingerprint density at radius 1 is 1.35 bits per heavy atom. The van der Waals surface area contributed by atoms with E-state index in [0.29, 0.717) is 6.04 Å². The third-order valence-electron chi connectivity index (χ3n) is 4.28. The van der Waals surface area contributed by atoms with Gasteiger partial charge in [-0.25, -0.2) is 4.98 Å². The summed E-state index contributed by atoms with van der Waals surface area (Å²) < 4.78 is 2.41. The van der Waals surface area contributed by atoms with Gasteiger partial charge in [0.2, 0.25) is 0 Å². The maximum absolute atomic E-state index is 9.81. The fraction of sp³-hybridized carbons (Fsp3) is 0.500. The van der Waals surface area contributed by atoms with E-state index in [2.05, 4.69) is 42.8 Å². The molecular formula is C14H16BrN3OS. The molecule has 0 saturated carbocycles. The lowest BCUT2D eigenvalue weighted by Gasteiger charge is -2.38. The standard InChI is InChI=1S/C14H16BrN3OS/c15-12-5-9-1-2-16-14(13(9)20-12)18-4-3-17-8-11(19)6-10(17)7-18/h1-2,5,10-11,19H,3-4,6-8H2/t10-,11+/m0/s1.